The Bertz CT molecular complexity index is 1360. The van der Waals surface area contributed by atoms with Crippen LogP contribution in [0.2, 0.25) is 0 Å². The number of carbonyl (C=O) groups excluding carboxylic acids is 2. The van der Waals surface area contributed by atoms with Crippen molar-refractivity contribution in [2.24, 2.45) is 0 Å². The van der Waals surface area contributed by atoms with Gasteiger partial charge >= 0.3 is 0 Å². The fourth-order valence-corrected chi connectivity index (χ4v) is 5.13. The van der Waals surface area contributed by atoms with Crippen LogP contribution in [0.25, 0.3) is 10.6 Å². The molecule has 2 aromatic heterocycles. The van der Waals surface area contributed by atoms with Crippen molar-refractivity contribution in [3.8, 4) is 10.6 Å². The van der Waals surface area contributed by atoms with E-state index < -0.39 is 5.54 Å². The summed E-state index contributed by atoms with van der Waals surface area (Å²) in [5, 5.41) is 9.75. The first-order chi connectivity index (χ1) is 16.4. The van der Waals surface area contributed by atoms with Crippen molar-refractivity contribution in [2.75, 3.05) is 4.90 Å². The summed E-state index contributed by atoms with van der Waals surface area (Å²) in [7, 11) is 0. The van der Waals surface area contributed by atoms with E-state index in [0.717, 1.165) is 32.9 Å². The Morgan fingerprint density at radius 1 is 1.09 bits per heavy atom. The smallest absolute Gasteiger partial charge is 0.277 e. The Hall–Kier alpha value is -3.71. The van der Waals surface area contributed by atoms with E-state index in [0.29, 0.717) is 12.2 Å². The number of benzene rings is 2. The van der Waals surface area contributed by atoms with E-state index in [1.54, 1.807) is 20.9 Å². The van der Waals surface area contributed by atoms with Crippen LogP contribution in [-0.2, 0) is 17.9 Å². The number of nitrogens with zero attached hydrogens (tertiary/aromatic N) is 3. The number of fused-ring (bicyclic) bond motifs is 1. The van der Waals surface area contributed by atoms with Crippen LogP contribution in [0, 0.1) is 13.8 Å². The summed E-state index contributed by atoms with van der Waals surface area (Å²) in [5.41, 5.74) is 3.86. The van der Waals surface area contributed by atoms with E-state index in [1.165, 1.54) is 0 Å². The van der Waals surface area contributed by atoms with Gasteiger partial charge in [-0.05, 0) is 61.0 Å². The van der Waals surface area contributed by atoms with Gasteiger partial charge in [-0.2, -0.15) is 5.10 Å². The van der Waals surface area contributed by atoms with Gasteiger partial charge in [0.05, 0.1) is 11.4 Å². The molecule has 0 unspecified atom stereocenters. The van der Waals surface area contributed by atoms with Crippen LogP contribution < -0.4 is 10.2 Å². The lowest BCUT2D eigenvalue weighted by Crippen LogP contribution is -2.64. The zero-order valence-corrected chi connectivity index (χ0v) is 20.2. The summed E-state index contributed by atoms with van der Waals surface area (Å²) < 4.78 is 1.68. The Labute approximate surface area is 202 Å². The first-order valence-corrected chi connectivity index (χ1v) is 12.1. The molecular formula is C27H26N4O2S. The predicted octanol–water partition coefficient (Wildman–Crippen LogP) is 4.96. The minimum absolute atomic E-state index is 0.218. The summed E-state index contributed by atoms with van der Waals surface area (Å²) in [5.74, 6) is -0.447. The molecule has 4 aromatic rings. The predicted molar refractivity (Wildman–Crippen MR) is 135 cm³/mol. The second-order valence-corrected chi connectivity index (χ2v) is 9.80. The molecule has 0 saturated carbocycles. The van der Waals surface area contributed by atoms with Crippen molar-refractivity contribution in [1.82, 2.24) is 15.1 Å². The largest absolute Gasteiger partial charge is 0.350 e. The second-order valence-electron chi connectivity index (χ2n) is 8.85. The highest BCUT2D eigenvalue weighted by molar-refractivity contribution is 7.13. The zero-order chi connectivity index (χ0) is 23.9. The van der Waals surface area contributed by atoms with E-state index >= 15 is 0 Å². The van der Waals surface area contributed by atoms with Crippen molar-refractivity contribution in [3.05, 3.63) is 94.5 Å². The molecule has 1 aliphatic rings. The van der Waals surface area contributed by atoms with Crippen LogP contribution >= 0.6 is 11.3 Å². The van der Waals surface area contributed by atoms with Gasteiger partial charge in [0, 0.05) is 12.2 Å². The average molecular weight is 471 g/mol. The third-order valence-corrected chi connectivity index (χ3v) is 7.42. The number of amides is 2. The molecule has 0 saturated heterocycles. The molecule has 172 valence electrons. The first kappa shape index (κ1) is 22.1. The number of aromatic nitrogens is 2. The zero-order valence-electron chi connectivity index (χ0n) is 19.4. The minimum Gasteiger partial charge on any atom is -0.350 e. The maximum Gasteiger partial charge on any atom is 0.277 e. The normalized spacial score (nSPS) is 17.5. The molecule has 1 N–H and O–H groups in total. The van der Waals surface area contributed by atoms with Gasteiger partial charge in [0.2, 0.25) is 5.91 Å². The van der Waals surface area contributed by atoms with Crippen molar-refractivity contribution < 1.29 is 9.59 Å². The van der Waals surface area contributed by atoms with Gasteiger partial charge in [0.25, 0.3) is 5.91 Å². The monoisotopic (exact) mass is 470 g/mol. The Morgan fingerprint density at radius 2 is 1.88 bits per heavy atom. The molecule has 0 radical (unpaired) electrons. The molecule has 0 fully saturated rings. The van der Waals surface area contributed by atoms with Crippen LogP contribution in [0.4, 0.5) is 5.69 Å². The molecule has 3 heterocycles. The lowest BCUT2D eigenvalue weighted by molar-refractivity contribution is -0.126. The molecule has 0 aliphatic carbocycles. The van der Waals surface area contributed by atoms with E-state index in [2.05, 4.69) is 5.32 Å². The minimum atomic E-state index is -1.16. The summed E-state index contributed by atoms with van der Waals surface area (Å²) in [6.45, 7) is 6.47. The van der Waals surface area contributed by atoms with E-state index in [-0.39, 0.29) is 18.4 Å². The van der Waals surface area contributed by atoms with Gasteiger partial charge < -0.3 is 5.32 Å². The number of anilines is 1. The Morgan fingerprint density at radius 3 is 2.62 bits per heavy atom. The van der Waals surface area contributed by atoms with Crippen molar-refractivity contribution >= 4 is 28.8 Å². The highest BCUT2D eigenvalue weighted by Gasteiger charge is 2.49. The maximum atomic E-state index is 13.9. The van der Waals surface area contributed by atoms with Gasteiger partial charge in [-0.15, -0.1) is 11.3 Å². The highest BCUT2D eigenvalue weighted by atomic mass is 32.1. The van der Waals surface area contributed by atoms with Crippen LogP contribution in [0.1, 0.15) is 34.1 Å². The standard InChI is InChI=1S/C27H26N4O2S/c1-18-9-7-12-22(19(18)2)31-25(32)23-15-21(24-13-8-14-34-24)29-30(23)17-27(31,3)26(33)28-16-20-10-5-4-6-11-20/h4-15H,16-17H2,1-3H3,(H,28,33)/t27-/m1/s1. The SMILES string of the molecule is Cc1cccc(N2C(=O)c3cc(-c4cccs4)nn3C[C@]2(C)C(=O)NCc2ccccc2)c1C. The van der Waals surface area contributed by atoms with Crippen molar-refractivity contribution in [1.29, 1.82) is 0 Å². The third kappa shape index (κ3) is 3.72. The van der Waals surface area contributed by atoms with E-state index in [1.807, 2.05) is 92.9 Å². The molecule has 0 bridgehead atoms. The molecule has 2 aromatic carbocycles. The Kier molecular flexibility index (Phi) is 5.57. The van der Waals surface area contributed by atoms with Gasteiger partial charge in [0.15, 0.2) is 0 Å². The van der Waals surface area contributed by atoms with Crippen LogP contribution in [0.15, 0.2) is 72.1 Å². The van der Waals surface area contributed by atoms with E-state index in [4.69, 9.17) is 5.10 Å². The number of hydrogen-bond donors (Lipinski definition) is 1. The second kappa shape index (κ2) is 8.57. The molecular weight excluding hydrogens is 444 g/mol. The van der Waals surface area contributed by atoms with Crippen LogP contribution in [-0.4, -0.2) is 27.1 Å². The number of carbonyl (C=O) groups is 2. The number of nitrogens with one attached hydrogen (secondary N) is 1. The number of aryl methyl sites for hydroxylation is 1. The molecule has 1 aliphatic heterocycles. The van der Waals surface area contributed by atoms with Gasteiger partial charge in [-0.1, -0.05) is 48.5 Å². The highest BCUT2D eigenvalue weighted by Crippen LogP contribution is 2.37. The molecule has 5 rings (SSSR count). The quantitative estimate of drug-likeness (QED) is 0.448. The van der Waals surface area contributed by atoms with Crippen LogP contribution in [0.5, 0.6) is 0 Å². The van der Waals surface area contributed by atoms with Gasteiger partial charge in [-0.3, -0.25) is 19.2 Å². The summed E-state index contributed by atoms with van der Waals surface area (Å²) >= 11 is 1.57. The van der Waals surface area contributed by atoms with E-state index in [9.17, 15) is 9.59 Å². The van der Waals surface area contributed by atoms with Crippen molar-refractivity contribution in [2.45, 2.75) is 39.4 Å². The summed E-state index contributed by atoms with van der Waals surface area (Å²) in [6.07, 6.45) is 0. The fourth-order valence-electron chi connectivity index (χ4n) is 4.45. The topological polar surface area (TPSA) is 67.2 Å². The molecule has 0 spiro atoms. The number of rotatable bonds is 5. The molecule has 6 nitrogen and oxygen atoms in total. The molecule has 34 heavy (non-hydrogen) atoms. The van der Waals surface area contributed by atoms with Crippen LogP contribution in [0.3, 0.4) is 0 Å². The number of hydrogen-bond acceptors (Lipinski definition) is 4. The lowest BCUT2D eigenvalue weighted by atomic mass is 9.92. The fraction of sp³-hybridized carbons (Fsp3) is 0.222. The maximum absolute atomic E-state index is 13.9. The third-order valence-electron chi connectivity index (χ3n) is 6.53. The van der Waals surface area contributed by atoms with Gasteiger partial charge in [0.1, 0.15) is 16.9 Å². The molecule has 7 heteroatoms. The lowest BCUT2D eigenvalue weighted by Gasteiger charge is -2.43. The molecule has 1 atom stereocenters. The summed E-state index contributed by atoms with van der Waals surface area (Å²) in [6, 6.07) is 21.4. The Balaban J connectivity index is 1.58. The van der Waals surface area contributed by atoms with Gasteiger partial charge in [-0.25, -0.2) is 0 Å². The summed E-state index contributed by atoms with van der Waals surface area (Å²) in [4.78, 5) is 30.3. The first-order valence-electron chi connectivity index (χ1n) is 11.2. The average Bonchev–Trinajstić information content (AvgIpc) is 3.51. The number of thiophene rings is 1. The molecule has 2 amide bonds. The van der Waals surface area contributed by atoms with Crippen molar-refractivity contribution in [3.63, 3.8) is 0 Å².